The molecule has 0 bridgehead atoms. The normalized spacial score (nSPS) is 9.79. The summed E-state index contributed by atoms with van der Waals surface area (Å²) >= 11 is 1.33. The molecule has 0 atom stereocenters. The van der Waals surface area contributed by atoms with Crippen molar-refractivity contribution >= 4 is 18.0 Å². The highest BCUT2D eigenvalue weighted by atomic mass is 32.2. The zero-order valence-corrected chi connectivity index (χ0v) is 9.94. The standard InChI is InChI=1S/C11H21NOS/c1-2-3-4-5-6-7-8-9-10-14-12-11-13/h2-10H2,1H3. The van der Waals surface area contributed by atoms with Crippen molar-refractivity contribution in [2.45, 2.75) is 58.3 Å². The quantitative estimate of drug-likeness (QED) is 0.237. The average Bonchev–Trinajstić information content (AvgIpc) is 2.21. The van der Waals surface area contributed by atoms with Crippen LogP contribution in [0.25, 0.3) is 0 Å². The molecule has 0 unspecified atom stereocenters. The van der Waals surface area contributed by atoms with E-state index < -0.39 is 0 Å². The lowest BCUT2D eigenvalue weighted by Gasteiger charge is -1.99. The van der Waals surface area contributed by atoms with E-state index in [0.717, 1.165) is 5.75 Å². The largest absolute Gasteiger partial charge is 0.247 e. The van der Waals surface area contributed by atoms with Gasteiger partial charge in [-0.25, -0.2) is 4.79 Å². The number of hydrogen-bond acceptors (Lipinski definition) is 3. The van der Waals surface area contributed by atoms with Crippen molar-refractivity contribution < 1.29 is 4.79 Å². The summed E-state index contributed by atoms with van der Waals surface area (Å²) in [5.41, 5.74) is 0. The van der Waals surface area contributed by atoms with Gasteiger partial charge in [-0.15, -0.1) is 4.40 Å². The molecule has 0 aliphatic carbocycles. The van der Waals surface area contributed by atoms with Crippen molar-refractivity contribution in [3.05, 3.63) is 0 Å². The fourth-order valence-electron chi connectivity index (χ4n) is 1.37. The Morgan fingerprint density at radius 1 is 1.00 bits per heavy atom. The summed E-state index contributed by atoms with van der Waals surface area (Å²) in [5.74, 6) is 0.962. The van der Waals surface area contributed by atoms with Crippen LogP contribution in [-0.2, 0) is 4.79 Å². The van der Waals surface area contributed by atoms with Gasteiger partial charge in [-0.1, -0.05) is 51.9 Å². The minimum atomic E-state index is 0.962. The smallest absolute Gasteiger partial charge is 0.210 e. The highest BCUT2D eigenvalue weighted by Crippen LogP contribution is 2.11. The zero-order valence-electron chi connectivity index (χ0n) is 9.13. The second kappa shape index (κ2) is 12.7. The molecule has 0 radical (unpaired) electrons. The van der Waals surface area contributed by atoms with Gasteiger partial charge in [0, 0.05) is 5.75 Å². The Kier molecular flexibility index (Phi) is 12.5. The lowest BCUT2D eigenvalue weighted by Crippen LogP contribution is -1.82. The molecule has 0 fully saturated rings. The summed E-state index contributed by atoms with van der Waals surface area (Å²) < 4.78 is 3.44. The Balaban J connectivity index is 2.88. The molecule has 82 valence electrons. The highest BCUT2D eigenvalue weighted by Gasteiger charge is 1.91. The molecule has 0 saturated heterocycles. The van der Waals surface area contributed by atoms with E-state index in [-0.39, 0.29) is 0 Å². The first-order chi connectivity index (χ1) is 6.91. The molecule has 0 heterocycles. The third-order valence-electron chi connectivity index (χ3n) is 2.19. The van der Waals surface area contributed by atoms with Crippen LogP contribution in [0.1, 0.15) is 58.3 Å². The molecule has 0 saturated carbocycles. The number of unbranched alkanes of at least 4 members (excludes halogenated alkanes) is 7. The first-order valence-corrected chi connectivity index (χ1v) is 6.55. The molecule has 0 aliphatic heterocycles. The van der Waals surface area contributed by atoms with Gasteiger partial charge in [0.1, 0.15) is 0 Å². The van der Waals surface area contributed by atoms with Crippen LogP contribution in [0, 0.1) is 0 Å². The molecular weight excluding hydrogens is 194 g/mol. The van der Waals surface area contributed by atoms with E-state index in [1.807, 2.05) is 0 Å². The van der Waals surface area contributed by atoms with Gasteiger partial charge in [-0.3, -0.25) is 0 Å². The van der Waals surface area contributed by atoms with E-state index in [2.05, 4.69) is 11.3 Å². The van der Waals surface area contributed by atoms with Crippen molar-refractivity contribution in [3.63, 3.8) is 0 Å². The molecule has 2 nitrogen and oxygen atoms in total. The SMILES string of the molecule is CCCCCCCCCCSN=C=O. The summed E-state index contributed by atoms with van der Waals surface area (Å²) in [4.78, 5) is 9.73. The van der Waals surface area contributed by atoms with Crippen LogP contribution in [0.3, 0.4) is 0 Å². The first-order valence-electron chi connectivity index (χ1n) is 5.61. The fraction of sp³-hybridized carbons (Fsp3) is 0.909. The van der Waals surface area contributed by atoms with Crippen molar-refractivity contribution in [3.8, 4) is 0 Å². The van der Waals surface area contributed by atoms with Gasteiger partial charge in [-0.05, 0) is 18.4 Å². The Morgan fingerprint density at radius 2 is 1.57 bits per heavy atom. The van der Waals surface area contributed by atoms with Gasteiger partial charge in [0.25, 0.3) is 0 Å². The summed E-state index contributed by atoms with van der Waals surface area (Å²) in [5, 5.41) is 0. The van der Waals surface area contributed by atoms with Crippen LogP contribution in [-0.4, -0.2) is 11.8 Å². The van der Waals surface area contributed by atoms with Crippen LogP contribution in [0.15, 0.2) is 4.40 Å². The third-order valence-corrected chi connectivity index (χ3v) is 2.87. The van der Waals surface area contributed by atoms with Gasteiger partial charge in [0.2, 0.25) is 6.08 Å². The maximum atomic E-state index is 9.73. The van der Waals surface area contributed by atoms with Gasteiger partial charge < -0.3 is 0 Å². The Bertz CT molecular complexity index is 155. The van der Waals surface area contributed by atoms with E-state index in [1.54, 1.807) is 0 Å². The van der Waals surface area contributed by atoms with Gasteiger partial charge in [0.15, 0.2) is 0 Å². The van der Waals surface area contributed by atoms with Crippen LogP contribution in [0.2, 0.25) is 0 Å². The second-order valence-electron chi connectivity index (χ2n) is 3.49. The first kappa shape index (κ1) is 13.7. The molecule has 0 N–H and O–H groups in total. The number of isocyanates is 1. The van der Waals surface area contributed by atoms with Crippen LogP contribution in [0.4, 0.5) is 0 Å². The molecule has 0 aliphatic rings. The molecule has 0 aromatic carbocycles. The summed E-state index contributed by atoms with van der Waals surface area (Å²) in [6.45, 7) is 2.24. The van der Waals surface area contributed by atoms with Crippen molar-refractivity contribution in [1.29, 1.82) is 0 Å². The number of nitrogens with zero attached hydrogens (tertiary/aromatic N) is 1. The predicted molar refractivity (Wildman–Crippen MR) is 63.2 cm³/mol. The summed E-state index contributed by atoms with van der Waals surface area (Å²) in [6, 6.07) is 0. The fourth-order valence-corrected chi connectivity index (χ4v) is 1.85. The molecule has 0 aromatic heterocycles. The van der Waals surface area contributed by atoms with Gasteiger partial charge >= 0.3 is 0 Å². The molecule has 0 amide bonds. The topological polar surface area (TPSA) is 29.4 Å². The molecule has 0 spiro atoms. The van der Waals surface area contributed by atoms with Crippen molar-refractivity contribution in [1.82, 2.24) is 0 Å². The highest BCUT2D eigenvalue weighted by molar-refractivity contribution is 7.98. The minimum absolute atomic E-state index is 0.962. The van der Waals surface area contributed by atoms with Crippen molar-refractivity contribution in [2.24, 2.45) is 4.40 Å². The van der Waals surface area contributed by atoms with Crippen LogP contribution in [0.5, 0.6) is 0 Å². The Labute approximate surface area is 91.7 Å². The molecule has 0 rings (SSSR count). The van der Waals surface area contributed by atoms with E-state index >= 15 is 0 Å². The maximum Gasteiger partial charge on any atom is 0.247 e. The second-order valence-corrected chi connectivity index (χ2v) is 4.34. The Hall–Kier alpha value is -0.270. The summed E-state index contributed by atoms with van der Waals surface area (Å²) in [6.07, 6.45) is 12.1. The lowest BCUT2D eigenvalue weighted by molar-refractivity contribution is 0.566. The molecule has 14 heavy (non-hydrogen) atoms. The van der Waals surface area contributed by atoms with E-state index in [4.69, 9.17) is 0 Å². The maximum absolute atomic E-state index is 9.73. The Morgan fingerprint density at radius 3 is 2.14 bits per heavy atom. The van der Waals surface area contributed by atoms with E-state index in [1.165, 1.54) is 69.4 Å². The molecular formula is C11H21NOS. The van der Waals surface area contributed by atoms with Crippen LogP contribution < -0.4 is 0 Å². The van der Waals surface area contributed by atoms with Gasteiger partial charge in [-0.2, -0.15) is 0 Å². The lowest BCUT2D eigenvalue weighted by atomic mass is 10.1. The van der Waals surface area contributed by atoms with E-state index in [9.17, 15) is 4.79 Å². The predicted octanol–water partition coefficient (Wildman–Crippen LogP) is 4.11. The average molecular weight is 215 g/mol. The van der Waals surface area contributed by atoms with Crippen molar-refractivity contribution in [2.75, 3.05) is 5.75 Å². The van der Waals surface area contributed by atoms with Gasteiger partial charge in [0.05, 0.1) is 0 Å². The molecule has 0 aromatic rings. The number of rotatable bonds is 10. The molecule has 3 heteroatoms. The van der Waals surface area contributed by atoms with Crippen LogP contribution >= 0.6 is 11.9 Å². The zero-order chi connectivity index (χ0) is 10.5. The minimum Gasteiger partial charge on any atom is -0.210 e. The number of carbonyl (C=O) groups excluding carboxylic acids is 1. The monoisotopic (exact) mass is 215 g/mol. The summed E-state index contributed by atoms with van der Waals surface area (Å²) in [7, 11) is 0. The number of hydrogen-bond donors (Lipinski definition) is 0. The third kappa shape index (κ3) is 11.7. The van der Waals surface area contributed by atoms with E-state index in [0.29, 0.717) is 0 Å².